The molecule has 1 heterocycles. The number of benzene rings is 1. The van der Waals surface area contributed by atoms with Gasteiger partial charge in [0, 0.05) is 5.88 Å². The first kappa shape index (κ1) is 9.93. The van der Waals surface area contributed by atoms with Gasteiger partial charge in [-0.25, -0.2) is 9.59 Å². The third-order valence-corrected chi connectivity index (χ3v) is 2.27. The molecule has 1 aliphatic rings. The van der Waals surface area contributed by atoms with Crippen molar-refractivity contribution in [1.29, 1.82) is 0 Å². The Kier molecular flexibility index (Phi) is 2.56. The number of carbonyl (C=O) groups is 2. The number of hydrogen-bond donors (Lipinski definition) is 0. The first-order valence-electron chi connectivity index (χ1n) is 4.36. The van der Waals surface area contributed by atoms with Crippen LogP contribution in [0.25, 0.3) is 6.08 Å². The Morgan fingerprint density at radius 2 is 2.07 bits per heavy atom. The van der Waals surface area contributed by atoms with Crippen LogP contribution in [0.15, 0.2) is 24.3 Å². The fourth-order valence-corrected chi connectivity index (χ4v) is 1.56. The Balaban J connectivity index is 2.55. The number of alkyl halides is 1. The number of ether oxygens (including phenoxy) is 1. The van der Waals surface area contributed by atoms with Gasteiger partial charge < -0.3 is 4.74 Å². The molecule has 0 aliphatic carbocycles. The molecule has 0 bridgehead atoms. The molecule has 0 atom stereocenters. The van der Waals surface area contributed by atoms with Crippen molar-refractivity contribution in [2.75, 3.05) is 5.88 Å². The molecule has 15 heavy (non-hydrogen) atoms. The zero-order valence-electron chi connectivity index (χ0n) is 7.70. The second kappa shape index (κ2) is 3.87. The number of rotatable bonds is 2. The number of hydrogen-bond acceptors (Lipinski definition) is 3. The van der Waals surface area contributed by atoms with Gasteiger partial charge in [0.25, 0.3) is 0 Å². The lowest BCUT2D eigenvalue weighted by atomic mass is 10.0. The second-order valence-corrected chi connectivity index (χ2v) is 3.31. The standard InChI is InChI=1S/C11H7ClO3/c12-6-2-4-7-3-1-5-8-9(7)11(14)15-10(8)13/h1-5H,6H2. The van der Waals surface area contributed by atoms with E-state index in [1.54, 1.807) is 30.4 Å². The summed E-state index contributed by atoms with van der Waals surface area (Å²) in [5.74, 6) is -0.826. The minimum atomic E-state index is -0.593. The van der Waals surface area contributed by atoms with Gasteiger partial charge >= 0.3 is 11.9 Å². The molecule has 0 saturated carbocycles. The van der Waals surface area contributed by atoms with Crippen molar-refractivity contribution in [2.24, 2.45) is 0 Å². The van der Waals surface area contributed by atoms with E-state index >= 15 is 0 Å². The van der Waals surface area contributed by atoms with Gasteiger partial charge in [-0.1, -0.05) is 24.3 Å². The highest BCUT2D eigenvalue weighted by molar-refractivity contribution is 6.19. The molecule has 4 heteroatoms. The Morgan fingerprint density at radius 1 is 1.27 bits per heavy atom. The molecule has 0 aromatic heterocycles. The zero-order chi connectivity index (χ0) is 10.8. The van der Waals surface area contributed by atoms with E-state index in [0.29, 0.717) is 22.6 Å². The van der Waals surface area contributed by atoms with Gasteiger partial charge in [-0.2, -0.15) is 0 Å². The summed E-state index contributed by atoms with van der Waals surface area (Å²) < 4.78 is 4.51. The minimum absolute atomic E-state index is 0.316. The van der Waals surface area contributed by atoms with E-state index in [9.17, 15) is 9.59 Å². The summed E-state index contributed by atoms with van der Waals surface area (Å²) in [4.78, 5) is 22.6. The summed E-state index contributed by atoms with van der Waals surface area (Å²) >= 11 is 5.50. The van der Waals surface area contributed by atoms with Crippen molar-refractivity contribution < 1.29 is 14.3 Å². The van der Waals surface area contributed by atoms with Crippen LogP contribution in [0.1, 0.15) is 26.3 Å². The summed E-state index contributed by atoms with van der Waals surface area (Å²) in [7, 11) is 0. The van der Waals surface area contributed by atoms with Gasteiger partial charge in [0.2, 0.25) is 0 Å². The maximum absolute atomic E-state index is 11.3. The van der Waals surface area contributed by atoms with Crippen LogP contribution >= 0.6 is 11.6 Å². The van der Waals surface area contributed by atoms with Crippen LogP contribution in [-0.2, 0) is 4.74 Å². The number of halogens is 1. The lowest BCUT2D eigenvalue weighted by Crippen LogP contribution is -1.98. The Bertz CT molecular complexity index is 463. The summed E-state index contributed by atoms with van der Waals surface area (Å²) in [6.45, 7) is 0. The summed E-state index contributed by atoms with van der Waals surface area (Å²) in [6.07, 6.45) is 3.40. The Labute approximate surface area is 91.3 Å². The Morgan fingerprint density at radius 3 is 2.80 bits per heavy atom. The van der Waals surface area contributed by atoms with Gasteiger partial charge in [-0.15, -0.1) is 11.6 Å². The van der Waals surface area contributed by atoms with E-state index < -0.39 is 11.9 Å². The van der Waals surface area contributed by atoms with Crippen LogP contribution in [-0.4, -0.2) is 17.8 Å². The minimum Gasteiger partial charge on any atom is -0.386 e. The first-order chi connectivity index (χ1) is 7.24. The largest absolute Gasteiger partial charge is 0.386 e. The van der Waals surface area contributed by atoms with E-state index in [1.165, 1.54) is 0 Å². The van der Waals surface area contributed by atoms with Crippen molar-refractivity contribution in [1.82, 2.24) is 0 Å². The molecule has 0 radical (unpaired) electrons. The second-order valence-electron chi connectivity index (χ2n) is 3.00. The highest BCUT2D eigenvalue weighted by atomic mass is 35.5. The monoisotopic (exact) mass is 222 g/mol. The van der Waals surface area contributed by atoms with Crippen molar-refractivity contribution >= 4 is 29.6 Å². The number of fused-ring (bicyclic) bond motifs is 1. The van der Waals surface area contributed by atoms with Crippen LogP contribution in [0.3, 0.4) is 0 Å². The van der Waals surface area contributed by atoms with Gasteiger partial charge in [-0.3, -0.25) is 0 Å². The van der Waals surface area contributed by atoms with Crippen molar-refractivity contribution in [3.05, 3.63) is 41.0 Å². The lowest BCUT2D eigenvalue weighted by Gasteiger charge is -1.97. The van der Waals surface area contributed by atoms with Gasteiger partial charge in [0.1, 0.15) is 0 Å². The van der Waals surface area contributed by atoms with Crippen molar-refractivity contribution in [3.8, 4) is 0 Å². The van der Waals surface area contributed by atoms with E-state index in [-0.39, 0.29) is 0 Å². The SMILES string of the molecule is O=C1OC(=O)c2c(C=CCCl)cccc21. The molecule has 76 valence electrons. The fraction of sp³-hybridized carbons (Fsp3) is 0.0909. The third-order valence-electron chi connectivity index (χ3n) is 2.09. The molecule has 0 spiro atoms. The molecule has 1 aliphatic heterocycles. The van der Waals surface area contributed by atoms with Gasteiger partial charge in [0.05, 0.1) is 11.1 Å². The number of carbonyl (C=O) groups excluding carboxylic acids is 2. The number of cyclic esters (lactones) is 2. The van der Waals surface area contributed by atoms with E-state index in [1.807, 2.05) is 0 Å². The molecule has 2 rings (SSSR count). The number of esters is 2. The molecule has 0 fully saturated rings. The maximum Gasteiger partial charge on any atom is 0.347 e. The molecule has 0 N–H and O–H groups in total. The van der Waals surface area contributed by atoms with E-state index in [4.69, 9.17) is 11.6 Å². The summed E-state index contributed by atoms with van der Waals surface area (Å²) in [5, 5.41) is 0. The Hall–Kier alpha value is -1.61. The molecule has 3 nitrogen and oxygen atoms in total. The molecule has 0 unspecified atom stereocenters. The van der Waals surface area contributed by atoms with E-state index in [0.717, 1.165) is 0 Å². The molecular formula is C11H7ClO3. The predicted octanol–water partition coefficient (Wildman–Crippen LogP) is 2.25. The van der Waals surface area contributed by atoms with Crippen LogP contribution < -0.4 is 0 Å². The quantitative estimate of drug-likeness (QED) is 0.438. The van der Waals surface area contributed by atoms with E-state index in [2.05, 4.69) is 4.74 Å². The smallest absolute Gasteiger partial charge is 0.347 e. The highest BCUT2D eigenvalue weighted by Gasteiger charge is 2.31. The first-order valence-corrected chi connectivity index (χ1v) is 4.89. The average Bonchev–Trinajstić information content (AvgIpc) is 2.53. The third kappa shape index (κ3) is 1.66. The molecule has 1 aromatic carbocycles. The zero-order valence-corrected chi connectivity index (χ0v) is 8.45. The van der Waals surface area contributed by atoms with Crippen LogP contribution in [0.5, 0.6) is 0 Å². The van der Waals surface area contributed by atoms with Crippen LogP contribution in [0.4, 0.5) is 0 Å². The normalized spacial score (nSPS) is 14.5. The molecule has 0 amide bonds. The topological polar surface area (TPSA) is 43.4 Å². The summed E-state index contributed by atoms with van der Waals surface area (Å²) in [6, 6.07) is 5.01. The van der Waals surface area contributed by atoms with Crippen LogP contribution in [0, 0.1) is 0 Å². The molecular weight excluding hydrogens is 216 g/mol. The van der Waals surface area contributed by atoms with Gasteiger partial charge in [-0.05, 0) is 11.6 Å². The fourth-order valence-electron chi connectivity index (χ4n) is 1.47. The average molecular weight is 223 g/mol. The molecule has 0 saturated heterocycles. The molecule has 1 aromatic rings. The predicted molar refractivity (Wildman–Crippen MR) is 55.9 cm³/mol. The maximum atomic E-state index is 11.3. The van der Waals surface area contributed by atoms with Gasteiger partial charge in [0.15, 0.2) is 0 Å². The number of allylic oxidation sites excluding steroid dienone is 1. The highest BCUT2D eigenvalue weighted by Crippen LogP contribution is 2.24. The van der Waals surface area contributed by atoms with Crippen molar-refractivity contribution in [3.63, 3.8) is 0 Å². The lowest BCUT2D eigenvalue weighted by molar-refractivity contribution is 0.0444. The van der Waals surface area contributed by atoms with Crippen LogP contribution in [0.2, 0.25) is 0 Å². The summed E-state index contributed by atoms with van der Waals surface area (Å²) in [5.41, 5.74) is 1.30. The van der Waals surface area contributed by atoms with Crippen molar-refractivity contribution in [2.45, 2.75) is 0 Å².